The number of hydrogen-bond acceptors (Lipinski definition) is 3. The number of aliphatic hydroxyl groups excluding tert-OH is 1. The molecule has 0 amide bonds. The first kappa shape index (κ1) is 16.9. The summed E-state index contributed by atoms with van der Waals surface area (Å²) in [5, 5.41) is 13.2. The summed E-state index contributed by atoms with van der Waals surface area (Å²) < 4.78 is 0. The highest BCUT2D eigenvalue weighted by Crippen LogP contribution is 2.28. The Morgan fingerprint density at radius 3 is 2.37 bits per heavy atom. The maximum Gasteiger partial charge on any atom is 0.0611 e. The molecule has 3 unspecified atom stereocenters. The summed E-state index contributed by atoms with van der Waals surface area (Å²) >= 11 is 0. The van der Waals surface area contributed by atoms with Crippen molar-refractivity contribution in [3.05, 3.63) is 0 Å². The molecule has 1 fully saturated rings. The van der Waals surface area contributed by atoms with Crippen molar-refractivity contribution in [1.82, 2.24) is 10.2 Å². The highest BCUT2D eigenvalue weighted by Gasteiger charge is 2.34. The number of nitrogens with one attached hydrogen (secondary N) is 1. The summed E-state index contributed by atoms with van der Waals surface area (Å²) in [6.45, 7) is 14.8. The fourth-order valence-electron chi connectivity index (χ4n) is 3.71. The average molecular weight is 270 g/mol. The second-order valence-corrected chi connectivity index (χ2v) is 7.26. The van der Waals surface area contributed by atoms with E-state index in [1.165, 1.54) is 19.4 Å². The van der Waals surface area contributed by atoms with Crippen LogP contribution in [0, 0.1) is 5.92 Å². The first-order valence-electron chi connectivity index (χ1n) is 7.93. The average Bonchev–Trinajstić information content (AvgIpc) is 2.76. The predicted molar refractivity (Wildman–Crippen MR) is 82.4 cm³/mol. The number of aliphatic hydroxyl groups is 1. The lowest BCUT2D eigenvalue weighted by molar-refractivity contribution is 0.0907. The van der Waals surface area contributed by atoms with E-state index in [2.05, 4.69) is 51.8 Å². The van der Waals surface area contributed by atoms with Gasteiger partial charge in [0.1, 0.15) is 0 Å². The number of nitrogens with zero attached hydrogens (tertiary/aromatic N) is 1. The summed E-state index contributed by atoms with van der Waals surface area (Å²) in [4.78, 5) is 2.65. The second kappa shape index (κ2) is 7.05. The van der Waals surface area contributed by atoms with Crippen LogP contribution in [0.3, 0.4) is 0 Å². The van der Waals surface area contributed by atoms with Gasteiger partial charge in [-0.2, -0.15) is 0 Å². The maximum absolute atomic E-state index is 9.72. The van der Waals surface area contributed by atoms with Gasteiger partial charge in [-0.05, 0) is 45.6 Å². The molecule has 0 bridgehead atoms. The Morgan fingerprint density at radius 1 is 1.26 bits per heavy atom. The Bertz CT molecular complexity index is 267. The third-order valence-electron chi connectivity index (χ3n) is 4.41. The summed E-state index contributed by atoms with van der Waals surface area (Å²) in [5.74, 6) is 0.725. The van der Waals surface area contributed by atoms with Crippen molar-refractivity contribution in [2.24, 2.45) is 5.92 Å². The van der Waals surface area contributed by atoms with Crippen molar-refractivity contribution in [1.29, 1.82) is 0 Å². The zero-order chi connectivity index (χ0) is 14.6. The van der Waals surface area contributed by atoms with E-state index in [0.717, 1.165) is 18.4 Å². The molecular weight excluding hydrogens is 236 g/mol. The van der Waals surface area contributed by atoms with Crippen LogP contribution in [0.2, 0.25) is 0 Å². The monoisotopic (exact) mass is 270 g/mol. The summed E-state index contributed by atoms with van der Waals surface area (Å²) in [7, 11) is 0. The number of rotatable bonds is 7. The van der Waals surface area contributed by atoms with E-state index in [-0.39, 0.29) is 12.1 Å². The van der Waals surface area contributed by atoms with E-state index in [9.17, 15) is 5.11 Å². The molecule has 0 radical (unpaired) electrons. The third kappa shape index (κ3) is 4.73. The third-order valence-corrected chi connectivity index (χ3v) is 4.41. The lowest BCUT2D eigenvalue weighted by Gasteiger charge is -2.39. The van der Waals surface area contributed by atoms with Crippen LogP contribution in [0.1, 0.15) is 60.8 Å². The number of likely N-dealkylation sites (tertiary alicyclic amines) is 1. The van der Waals surface area contributed by atoms with E-state index in [1.807, 2.05) is 0 Å². The van der Waals surface area contributed by atoms with Gasteiger partial charge in [0.05, 0.1) is 6.61 Å². The lowest BCUT2D eigenvalue weighted by atomic mass is 9.91. The van der Waals surface area contributed by atoms with Crippen molar-refractivity contribution in [3.8, 4) is 0 Å². The standard InChI is InChI=1S/C16H34N2O/c1-12(2)15-8-7-9-18(15)14(5)10-16(6,11-19)17-13(3)4/h12-15,17,19H,7-11H2,1-6H3. The molecule has 1 rings (SSSR count). The quantitative estimate of drug-likeness (QED) is 0.746. The van der Waals surface area contributed by atoms with Crippen LogP contribution in [0.4, 0.5) is 0 Å². The zero-order valence-electron chi connectivity index (χ0n) is 13.7. The molecule has 0 aliphatic carbocycles. The van der Waals surface area contributed by atoms with Crippen molar-refractivity contribution in [2.75, 3.05) is 13.2 Å². The normalized spacial score (nSPS) is 26.1. The van der Waals surface area contributed by atoms with Crippen LogP contribution in [0.5, 0.6) is 0 Å². The number of hydrogen-bond donors (Lipinski definition) is 2. The van der Waals surface area contributed by atoms with E-state index in [4.69, 9.17) is 0 Å². The Labute approximate surface area is 119 Å². The molecule has 19 heavy (non-hydrogen) atoms. The molecule has 3 heteroatoms. The topological polar surface area (TPSA) is 35.5 Å². The maximum atomic E-state index is 9.72. The Kier molecular flexibility index (Phi) is 6.28. The van der Waals surface area contributed by atoms with Gasteiger partial charge in [0.15, 0.2) is 0 Å². The smallest absolute Gasteiger partial charge is 0.0611 e. The fraction of sp³-hybridized carbons (Fsp3) is 1.00. The van der Waals surface area contributed by atoms with Crippen LogP contribution in [-0.2, 0) is 0 Å². The fourth-order valence-corrected chi connectivity index (χ4v) is 3.71. The van der Waals surface area contributed by atoms with Crippen LogP contribution in [-0.4, -0.2) is 46.8 Å². The molecule has 0 saturated carbocycles. The zero-order valence-corrected chi connectivity index (χ0v) is 13.7. The van der Waals surface area contributed by atoms with Gasteiger partial charge in [-0.1, -0.05) is 27.7 Å². The largest absolute Gasteiger partial charge is 0.394 e. The van der Waals surface area contributed by atoms with Gasteiger partial charge in [0.2, 0.25) is 0 Å². The van der Waals surface area contributed by atoms with Crippen LogP contribution in [0.15, 0.2) is 0 Å². The highest BCUT2D eigenvalue weighted by molar-refractivity contribution is 4.92. The molecule has 3 nitrogen and oxygen atoms in total. The van der Waals surface area contributed by atoms with Gasteiger partial charge >= 0.3 is 0 Å². The summed E-state index contributed by atoms with van der Waals surface area (Å²) in [6.07, 6.45) is 3.65. The van der Waals surface area contributed by atoms with E-state index in [1.54, 1.807) is 0 Å². The molecule has 0 spiro atoms. The molecule has 1 aliphatic rings. The van der Waals surface area contributed by atoms with Gasteiger partial charge in [-0.3, -0.25) is 4.90 Å². The van der Waals surface area contributed by atoms with Crippen molar-refractivity contribution >= 4 is 0 Å². The minimum Gasteiger partial charge on any atom is -0.394 e. The van der Waals surface area contributed by atoms with Crippen LogP contribution >= 0.6 is 0 Å². The summed E-state index contributed by atoms with van der Waals surface area (Å²) in [5.41, 5.74) is -0.169. The Morgan fingerprint density at radius 2 is 1.89 bits per heavy atom. The highest BCUT2D eigenvalue weighted by atomic mass is 16.3. The molecular formula is C16H34N2O. The SMILES string of the molecule is CC(C)NC(C)(CO)CC(C)N1CCCC1C(C)C. The van der Waals surface area contributed by atoms with Crippen molar-refractivity contribution in [2.45, 2.75) is 84.5 Å². The van der Waals surface area contributed by atoms with Crippen molar-refractivity contribution < 1.29 is 5.11 Å². The Balaban J connectivity index is 2.64. The Hall–Kier alpha value is -0.120. The first-order chi connectivity index (χ1) is 8.79. The molecule has 0 aromatic rings. The minimum atomic E-state index is -0.169. The predicted octanol–water partition coefficient (Wildman–Crippen LogP) is 2.63. The van der Waals surface area contributed by atoms with Gasteiger partial charge in [-0.15, -0.1) is 0 Å². The molecule has 3 atom stereocenters. The summed E-state index contributed by atoms with van der Waals surface area (Å²) in [6, 6.07) is 1.65. The first-order valence-corrected chi connectivity index (χ1v) is 7.93. The van der Waals surface area contributed by atoms with E-state index >= 15 is 0 Å². The second-order valence-electron chi connectivity index (χ2n) is 7.26. The molecule has 0 aromatic carbocycles. The molecule has 114 valence electrons. The van der Waals surface area contributed by atoms with Gasteiger partial charge < -0.3 is 10.4 Å². The van der Waals surface area contributed by atoms with Gasteiger partial charge in [-0.25, -0.2) is 0 Å². The molecule has 1 aliphatic heterocycles. The molecule has 2 N–H and O–H groups in total. The van der Waals surface area contributed by atoms with Crippen LogP contribution < -0.4 is 5.32 Å². The van der Waals surface area contributed by atoms with E-state index < -0.39 is 0 Å². The minimum absolute atomic E-state index is 0.169. The molecule has 1 saturated heterocycles. The molecule has 1 heterocycles. The van der Waals surface area contributed by atoms with Gasteiger partial charge in [0, 0.05) is 23.7 Å². The van der Waals surface area contributed by atoms with Gasteiger partial charge in [0.25, 0.3) is 0 Å². The molecule has 0 aromatic heterocycles. The van der Waals surface area contributed by atoms with Crippen molar-refractivity contribution in [3.63, 3.8) is 0 Å². The van der Waals surface area contributed by atoms with E-state index in [0.29, 0.717) is 12.1 Å². The van der Waals surface area contributed by atoms with Crippen LogP contribution in [0.25, 0.3) is 0 Å². The lowest BCUT2D eigenvalue weighted by Crippen LogP contribution is -2.53.